The fraction of sp³-hybridized carbons (Fsp3) is 0.455. The van der Waals surface area contributed by atoms with Gasteiger partial charge in [0, 0.05) is 16.2 Å². The monoisotopic (exact) mass is 268 g/mol. The maximum absolute atomic E-state index is 11.9. The molecule has 1 aliphatic carbocycles. The number of amides is 1. The van der Waals surface area contributed by atoms with Gasteiger partial charge in [0.1, 0.15) is 5.69 Å². The van der Waals surface area contributed by atoms with Gasteiger partial charge in [-0.05, 0) is 54.2 Å². The Morgan fingerprint density at radius 1 is 1.60 bits per heavy atom. The quantitative estimate of drug-likeness (QED) is 0.896. The zero-order valence-corrected chi connectivity index (χ0v) is 10.2. The topological polar surface area (TPSA) is 42.0 Å². The maximum atomic E-state index is 11.9. The average Bonchev–Trinajstić information content (AvgIpc) is 2.16. The van der Waals surface area contributed by atoms with Crippen molar-refractivity contribution in [1.29, 1.82) is 0 Å². The Labute approximate surface area is 97.4 Å². The van der Waals surface area contributed by atoms with E-state index >= 15 is 0 Å². The highest BCUT2D eigenvalue weighted by Gasteiger charge is 2.33. The molecule has 0 saturated heterocycles. The molecule has 1 aromatic heterocycles. The Kier molecular flexibility index (Phi) is 2.78. The van der Waals surface area contributed by atoms with Crippen LogP contribution in [-0.2, 0) is 0 Å². The average molecular weight is 269 g/mol. The number of carbonyl (C=O) groups is 1. The van der Waals surface area contributed by atoms with Crippen molar-refractivity contribution in [3.8, 4) is 0 Å². The normalized spacial score (nSPS) is 18.0. The molecule has 1 heterocycles. The number of halogens is 1. The standard InChI is InChI=1S/C11H13BrN2O/c1-11(5-3-6-11)14-10(15)9-8(12)4-2-7-13-9/h2,4,7H,3,5-6H2,1H3,(H,14,15). The van der Waals surface area contributed by atoms with E-state index < -0.39 is 0 Å². The summed E-state index contributed by atoms with van der Waals surface area (Å²) in [4.78, 5) is 15.9. The fourth-order valence-electron chi connectivity index (χ4n) is 1.72. The summed E-state index contributed by atoms with van der Waals surface area (Å²) in [5, 5.41) is 3.02. The maximum Gasteiger partial charge on any atom is 0.271 e. The smallest absolute Gasteiger partial charge is 0.271 e. The Morgan fingerprint density at radius 2 is 2.33 bits per heavy atom. The van der Waals surface area contributed by atoms with Crippen molar-refractivity contribution >= 4 is 21.8 Å². The molecular weight excluding hydrogens is 256 g/mol. The third-order valence-electron chi connectivity index (χ3n) is 2.85. The first kappa shape index (κ1) is 10.6. The predicted octanol–water partition coefficient (Wildman–Crippen LogP) is 2.52. The molecule has 0 atom stereocenters. The second-order valence-corrected chi connectivity index (χ2v) is 5.06. The van der Waals surface area contributed by atoms with Crippen LogP contribution in [-0.4, -0.2) is 16.4 Å². The zero-order chi connectivity index (χ0) is 10.9. The number of nitrogens with one attached hydrogen (secondary N) is 1. The number of nitrogens with zero attached hydrogens (tertiary/aromatic N) is 1. The van der Waals surface area contributed by atoms with Crippen molar-refractivity contribution in [3.63, 3.8) is 0 Å². The van der Waals surface area contributed by atoms with E-state index in [1.807, 2.05) is 6.07 Å². The summed E-state index contributed by atoms with van der Waals surface area (Å²) in [6, 6.07) is 3.62. The highest BCUT2D eigenvalue weighted by Crippen LogP contribution is 2.31. The van der Waals surface area contributed by atoms with Gasteiger partial charge >= 0.3 is 0 Å². The minimum Gasteiger partial charge on any atom is -0.346 e. The Morgan fingerprint density at radius 3 is 2.87 bits per heavy atom. The summed E-state index contributed by atoms with van der Waals surface area (Å²) in [5.41, 5.74) is 0.444. The molecule has 0 aromatic carbocycles. The zero-order valence-electron chi connectivity index (χ0n) is 8.59. The Hall–Kier alpha value is -0.900. The van der Waals surface area contributed by atoms with Crippen LogP contribution in [0.2, 0.25) is 0 Å². The van der Waals surface area contributed by atoms with Crippen LogP contribution >= 0.6 is 15.9 Å². The summed E-state index contributed by atoms with van der Waals surface area (Å²) in [6.45, 7) is 2.07. The molecule has 1 N–H and O–H groups in total. The van der Waals surface area contributed by atoms with Gasteiger partial charge in [0.15, 0.2) is 0 Å². The second kappa shape index (κ2) is 3.93. The molecule has 1 aliphatic rings. The van der Waals surface area contributed by atoms with Crippen LogP contribution in [0.15, 0.2) is 22.8 Å². The first-order valence-electron chi connectivity index (χ1n) is 5.04. The molecule has 3 nitrogen and oxygen atoms in total. The summed E-state index contributed by atoms with van der Waals surface area (Å²) in [7, 11) is 0. The van der Waals surface area contributed by atoms with Crippen molar-refractivity contribution in [3.05, 3.63) is 28.5 Å². The second-order valence-electron chi connectivity index (χ2n) is 4.20. The molecule has 1 fully saturated rings. The number of pyridine rings is 1. The molecule has 0 unspecified atom stereocenters. The van der Waals surface area contributed by atoms with E-state index in [1.54, 1.807) is 12.3 Å². The van der Waals surface area contributed by atoms with E-state index in [4.69, 9.17) is 0 Å². The molecule has 1 aromatic rings. The van der Waals surface area contributed by atoms with E-state index in [9.17, 15) is 4.79 Å². The predicted molar refractivity (Wildman–Crippen MR) is 61.7 cm³/mol. The van der Waals surface area contributed by atoms with Gasteiger partial charge in [0.2, 0.25) is 0 Å². The summed E-state index contributed by atoms with van der Waals surface area (Å²) in [5.74, 6) is -0.0929. The number of hydrogen-bond donors (Lipinski definition) is 1. The van der Waals surface area contributed by atoms with Crippen LogP contribution in [0.4, 0.5) is 0 Å². The van der Waals surface area contributed by atoms with E-state index in [2.05, 4.69) is 33.2 Å². The van der Waals surface area contributed by atoms with Crippen molar-refractivity contribution in [2.24, 2.45) is 0 Å². The van der Waals surface area contributed by atoms with Crippen molar-refractivity contribution in [2.75, 3.05) is 0 Å². The van der Waals surface area contributed by atoms with E-state index in [0.717, 1.165) is 17.3 Å². The molecule has 2 rings (SSSR count). The lowest BCUT2D eigenvalue weighted by Crippen LogP contribution is -2.51. The summed E-state index contributed by atoms with van der Waals surface area (Å²) >= 11 is 3.32. The molecular formula is C11H13BrN2O. The van der Waals surface area contributed by atoms with Crippen molar-refractivity contribution < 1.29 is 4.79 Å². The molecule has 4 heteroatoms. The molecule has 0 radical (unpaired) electrons. The van der Waals surface area contributed by atoms with E-state index in [1.165, 1.54) is 6.42 Å². The lowest BCUT2D eigenvalue weighted by molar-refractivity contribution is 0.0844. The first-order chi connectivity index (χ1) is 7.11. The molecule has 0 aliphatic heterocycles. The van der Waals surface area contributed by atoms with Gasteiger partial charge in [-0.25, -0.2) is 4.98 Å². The molecule has 1 amide bonds. The van der Waals surface area contributed by atoms with E-state index in [0.29, 0.717) is 5.69 Å². The molecule has 0 spiro atoms. The molecule has 1 saturated carbocycles. The Balaban J connectivity index is 2.11. The number of rotatable bonds is 2. The number of aromatic nitrogens is 1. The highest BCUT2D eigenvalue weighted by atomic mass is 79.9. The third kappa shape index (κ3) is 2.20. The minimum absolute atomic E-state index is 0.0198. The number of hydrogen-bond acceptors (Lipinski definition) is 2. The summed E-state index contributed by atoms with van der Waals surface area (Å²) < 4.78 is 0.741. The largest absolute Gasteiger partial charge is 0.346 e. The van der Waals surface area contributed by atoms with Gasteiger partial charge in [-0.1, -0.05) is 0 Å². The lowest BCUT2D eigenvalue weighted by Gasteiger charge is -2.39. The van der Waals surface area contributed by atoms with Crippen LogP contribution in [0.5, 0.6) is 0 Å². The van der Waals surface area contributed by atoms with Crippen LogP contribution in [0.1, 0.15) is 36.7 Å². The Bertz CT molecular complexity index is 388. The molecule has 80 valence electrons. The van der Waals surface area contributed by atoms with Crippen molar-refractivity contribution in [1.82, 2.24) is 10.3 Å². The van der Waals surface area contributed by atoms with Gasteiger partial charge in [-0.3, -0.25) is 4.79 Å². The van der Waals surface area contributed by atoms with Gasteiger partial charge in [0.25, 0.3) is 5.91 Å². The van der Waals surface area contributed by atoms with Crippen LogP contribution in [0.3, 0.4) is 0 Å². The van der Waals surface area contributed by atoms with Crippen LogP contribution in [0, 0.1) is 0 Å². The minimum atomic E-state index is -0.0929. The lowest BCUT2D eigenvalue weighted by atomic mass is 9.78. The van der Waals surface area contributed by atoms with Gasteiger partial charge in [0.05, 0.1) is 0 Å². The third-order valence-corrected chi connectivity index (χ3v) is 3.49. The van der Waals surface area contributed by atoms with Crippen molar-refractivity contribution in [2.45, 2.75) is 31.7 Å². The van der Waals surface area contributed by atoms with E-state index in [-0.39, 0.29) is 11.4 Å². The molecule has 15 heavy (non-hydrogen) atoms. The van der Waals surface area contributed by atoms with Gasteiger partial charge in [-0.2, -0.15) is 0 Å². The number of carbonyl (C=O) groups excluding carboxylic acids is 1. The summed E-state index contributed by atoms with van der Waals surface area (Å²) in [6.07, 6.45) is 4.94. The fourth-order valence-corrected chi connectivity index (χ4v) is 2.15. The SMILES string of the molecule is CC1(NC(=O)c2ncccc2Br)CCC1. The van der Waals surface area contributed by atoms with Gasteiger partial charge in [-0.15, -0.1) is 0 Å². The van der Waals surface area contributed by atoms with Gasteiger partial charge < -0.3 is 5.32 Å². The molecule has 0 bridgehead atoms. The van der Waals surface area contributed by atoms with Crippen LogP contribution < -0.4 is 5.32 Å². The first-order valence-corrected chi connectivity index (χ1v) is 5.83. The highest BCUT2D eigenvalue weighted by molar-refractivity contribution is 9.10. The van der Waals surface area contributed by atoms with Crippen LogP contribution in [0.25, 0.3) is 0 Å².